The number of hydrogen-bond donors (Lipinski definition) is 2. The summed E-state index contributed by atoms with van der Waals surface area (Å²) in [6, 6.07) is 6.19. The molecule has 0 bridgehead atoms. The quantitative estimate of drug-likeness (QED) is 0.882. The maximum absolute atomic E-state index is 12.7. The second-order valence-electron chi connectivity index (χ2n) is 4.39. The van der Waals surface area contributed by atoms with Gasteiger partial charge in [-0.3, -0.25) is 4.79 Å². The van der Waals surface area contributed by atoms with Crippen LogP contribution in [0, 0.1) is 11.7 Å². The van der Waals surface area contributed by atoms with Crippen LogP contribution in [-0.4, -0.2) is 19.0 Å². The summed E-state index contributed by atoms with van der Waals surface area (Å²) in [4.78, 5) is 11.8. The van der Waals surface area contributed by atoms with Crippen molar-refractivity contribution in [3.63, 3.8) is 0 Å². The Morgan fingerprint density at radius 1 is 1.39 bits per heavy atom. The van der Waals surface area contributed by atoms with Gasteiger partial charge in [-0.15, -0.1) is 12.4 Å². The highest BCUT2D eigenvalue weighted by molar-refractivity contribution is 5.85. The van der Waals surface area contributed by atoms with Gasteiger partial charge in [-0.2, -0.15) is 0 Å². The summed E-state index contributed by atoms with van der Waals surface area (Å²) in [5, 5.41) is 6.10. The Hall–Kier alpha value is -1.13. The van der Waals surface area contributed by atoms with Crippen LogP contribution in [0.1, 0.15) is 18.4 Å². The molecule has 1 aromatic rings. The van der Waals surface area contributed by atoms with Crippen LogP contribution in [0.15, 0.2) is 24.3 Å². The lowest BCUT2D eigenvalue weighted by molar-refractivity contribution is -0.125. The first-order valence-electron chi connectivity index (χ1n) is 5.98. The molecule has 1 saturated heterocycles. The van der Waals surface area contributed by atoms with Crippen LogP contribution in [-0.2, 0) is 11.3 Å². The number of piperidine rings is 1. The van der Waals surface area contributed by atoms with Crippen molar-refractivity contribution >= 4 is 18.3 Å². The largest absolute Gasteiger partial charge is 0.352 e. The zero-order valence-corrected chi connectivity index (χ0v) is 10.9. The van der Waals surface area contributed by atoms with E-state index in [1.54, 1.807) is 12.1 Å². The number of halogens is 2. The Kier molecular flexibility index (Phi) is 6.09. The maximum Gasteiger partial charge on any atom is 0.224 e. The van der Waals surface area contributed by atoms with Crippen molar-refractivity contribution < 1.29 is 9.18 Å². The molecule has 0 aliphatic carbocycles. The lowest BCUT2D eigenvalue weighted by Gasteiger charge is -2.21. The van der Waals surface area contributed by atoms with Crippen molar-refractivity contribution in [1.82, 2.24) is 10.6 Å². The molecule has 1 aromatic carbocycles. The lowest BCUT2D eigenvalue weighted by atomic mass is 9.99. The molecule has 1 amide bonds. The topological polar surface area (TPSA) is 41.1 Å². The molecule has 2 N–H and O–H groups in total. The molecule has 1 aliphatic heterocycles. The van der Waals surface area contributed by atoms with Crippen molar-refractivity contribution in [2.45, 2.75) is 19.4 Å². The Balaban J connectivity index is 0.00000162. The molecule has 0 radical (unpaired) electrons. The van der Waals surface area contributed by atoms with E-state index < -0.39 is 0 Å². The number of benzene rings is 1. The van der Waals surface area contributed by atoms with E-state index in [9.17, 15) is 9.18 Å². The van der Waals surface area contributed by atoms with Gasteiger partial charge in [0.25, 0.3) is 0 Å². The summed E-state index contributed by atoms with van der Waals surface area (Å²) in [7, 11) is 0. The van der Waals surface area contributed by atoms with Crippen LogP contribution in [0.2, 0.25) is 0 Å². The molecule has 1 atom stereocenters. The fourth-order valence-electron chi connectivity index (χ4n) is 2.01. The number of carbonyl (C=O) groups is 1. The zero-order valence-electron chi connectivity index (χ0n) is 10.1. The molecule has 18 heavy (non-hydrogen) atoms. The second-order valence-corrected chi connectivity index (χ2v) is 4.39. The smallest absolute Gasteiger partial charge is 0.224 e. The van der Waals surface area contributed by atoms with Crippen molar-refractivity contribution in [2.75, 3.05) is 13.1 Å². The number of amides is 1. The molecule has 1 fully saturated rings. The molecule has 0 saturated carbocycles. The molecule has 1 heterocycles. The summed E-state index contributed by atoms with van der Waals surface area (Å²) in [6.07, 6.45) is 2.00. The van der Waals surface area contributed by atoms with E-state index >= 15 is 0 Å². The zero-order chi connectivity index (χ0) is 12.1. The first kappa shape index (κ1) is 14.9. The summed E-state index contributed by atoms with van der Waals surface area (Å²) < 4.78 is 12.7. The Morgan fingerprint density at radius 2 is 2.11 bits per heavy atom. The summed E-state index contributed by atoms with van der Waals surface area (Å²) in [5.74, 6) is -0.0951. The van der Waals surface area contributed by atoms with Gasteiger partial charge in [0.2, 0.25) is 5.91 Å². The minimum absolute atomic E-state index is 0. The van der Waals surface area contributed by atoms with Gasteiger partial charge in [0.05, 0.1) is 5.92 Å². The van der Waals surface area contributed by atoms with Gasteiger partial charge in [0, 0.05) is 13.1 Å². The molecule has 0 aromatic heterocycles. The van der Waals surface area contributed by atoms with Gasteiger partial charge in [-0.05, 0) is 37.1 Å². The van der Waals surface area contributed by atoms with Crippen LogP contribution < -0.4 is 10.6 Å². The molecular weight excluding hydrogens is 255 g/mol. The molecule has 1 aliphatic rings. The van der Waals surface area contributed by atoms with Gasteiger partial charge in [-0.1, -0.05) is 12.1 Å². The van der Waals surface area contributed by atoms with E-state index in [2.05, 4.69) is 10.6 Å². The summed E-state index contributed by atoms with van der Waals surface area (Å²) in [6.45, 7) is 2.23. The van der Waals surface area contributed by atoms with Gasteiger partial charge in [0.15, 0.2) is 0 Å². The third-order valence-corrected chi connectivity index (χ3v) is 3.05. The monoisotopic (exact) mass is 272 g/mol. The normalized spacial score (nSPS) is 18.8. The maximum atomic E-state index is 12.7. The third kappa shape index (κ3) is 4.27. The number of hydrogen-bond acceptors (Lipinski definition) is 2. The van der Waals surface area contributed by atoms with Crippen LogP contribution >= 0.6 is 12.4 Å². The molecular formula is C13H18ClFN2O. The molecule has 100 valence electrons. The minimum atomic E-state index is -0.253. The van der Waals surface area contributed by atoms with Crippen LogP contribution in [0.3, 0.4) is 0 Å². The van der Waals surface area contributed by atoms with Crippen molar-refractivity contribution in [3.8, 4) is 0 Å². The fourth-order valence-corrected chi connectivity index (χ4v) is 2.01. The lowest BCUT2D eigenvalue weighted by Crippen LogP contribution is -2.40. The van der Waals surface area contributed by atoms with Crippen LogP contribution in [0.4, 0.5) is 4.39 Å². The molecule has 5 heteroatoms. The minimum Gasteiger partial charge on any atom is -0.352 e. The fraction of sp³-hybridized carbons (Fsp3) is 0.462. The van der Waals surface area contributed by atoms with Gasteiger partial charge in [0.1, 0.15) is 5.82 Å². The van der Waals surface area contributed by atoms with Crippen molar-refractivity contribution in [1.29, 1.82) is 0 Å². The van der Waals surface area contributed by atoms with E-state index in [1.165, 1.54) is 12.1 Å². The standard InChI is InChI=1S/C13H17FN2O.ClH/c14-12-5-3-10(4-6-12)8-16-13(17)11-2-1-7-15-9-11;/h3-6,11,15H,1-2,7-9H2,(H,16,17);1H/t11-;/m1./s1. The number of nitrogens with one attached hydrogen (secondary N) is 2. The first-order chi connectivity index (χ1) is 8.25. The van der Waals surface area contributed by atoms with Gasteiger partial charge in [-0.25, -0.2) is 4.39 Å². The van der Waals surface area contributed by atoms with Crippen LogP contribution in [0.5, 0.6) is 0 Å². The van der Waals surface area contributed by atoms with E-state index in [-0.39, 0.29) is 30.0 Å². The average Bonchev–Trinajstić information content (AvgIpc) is 2.39. The molecule has 3 nitrogen and oxygen atoms in total. The average molecular weight is 273 g/mol. The molecule has 2 rings (SSSR count). The SMILES string of the molecule is Cl.O=C(NCc1ccc(F)cc1)[C@@H]1CCCNC1. The number of rotatable bonds is 3. The van der Waals surface area contributed by atoms with E-state index in [0.717, 1.165) is 31.5 Å². The van der Waals surface area contributed by atoms with Crippen molar-refractivity contribution in [2.24, 2.45) is 5.92 Å². The molecule has 0 spiro atoms. The van der Waals surface area contributed by atoms with E-state index in [0.29, 0.717) is 6.54 Å². The predicted octanol–water partition coefficient (Wildman–Crippen LogP) is 1.86. The highest BCUT2D eigenvalue weighted by Gasteiger charge is 2.20. The van der Waals surface area contributed by atoms with Gasteiger partial charge < -0.3 is 10.6 Å². The predicted molar refractivity (Wildman–Crippen MR) is 71.1 cm³/mol. The number of carbonyl (C=O) groups excluding carboxylic acids is 1. The summed E-state index contributed by atoms with van der Waals surface area (Å²) >= 11 is 0. The first-order valence-corrected chi connectivity index (χ1v) is 5.98. The highest BCUT2D eigenvalue weighted by Crippen LogP contribution is 2.10. The Bertz CT molecular complexity index is 377. The van der Waals surface area contributed by atoms with E-state index in [1.807, 2.05) is 0 Å². The summed E-state index contributed by atoms with van der Waals surface area (Å²) in [5.41, 5.74) is 0.920. The third-order valence-electron chi connectivity index (χ3n) is 3.05. The van der Waals surface area contributed by atoms with E-state index in [4.69, 9.17) is 0 Å². The molecule has 0 unspecified atom stereocenters. The Morgan fingerprint density at radius 3 is 2.72 bits per heavy atom. The van der Waals surface area contributed by atoms with Crippen molar-refractivity contribution in [3.05, 3.63) is 35.6 Å². The van der Waals surface area contributed by atoms with Gasteiger partial charge >= 0.3 is 0 Å². The Labute approximate surface area is 113 Å². The highest BCUT2D eigenvalue weighted by atomic mass is 35.5. The second kappa shape index (κ2) is 7.34. The van der Waals surface area contributed by atoms with Crippen LogP contribution in [0.25, 0.3) is 0 Å².